The van der Waals surface area contributed by atoms with Crippen molar-refractivity contribution in [3.8, 4) is 0 Å². The van der Waals surface area contributed by atoms with Gasteiger partial charge in [0, 0.05) is 11.0 Å². The van der Waals surface area contributed by atoms with E-state index in [4.69, 9.17) is 0 Å². The smallest absolute Gasteiger partial charge is 0.156 e. The Morgan fingerprint density at radius 3 is 2.12 bits per heavy atom. The molecule has 0 spiro atoms. The van der Waals surface area contributed by atoms with Crippen molar-refractivity contribution in [2.75, 3.05) is 0 Å². The van der Waals surface area contributed by atoms with Gasteiger partial charge in [-0.2, -0.15) is 5.10 Å². The predicted molar refractivity (Wildman–Crippen MR) is 64.0 cm³/mol. The highest BCUT2D eigenvalue weighted by Crippen LogP contribution is 2.26. The van der Waals surface area contributed by atoms with Gasteiger partial charge in [-0.05, 0) is 20.8 Å². The molecule has 16 heavy (non-hydrogen) atoms. The molecule has 4 heteroatoms. The molecular formula is C12H22N4. The van der Waals surface area contributed by atoms with E-state index < -0.39 is 0 Å². The van der Waals surface area contributed by atoms with Gasteiger partial charge in [0.05, 0.1) is 13.2 Å². The zero-order chi connectivity index (χ0) is 12.1. The maximum absolute atomic E-state index is 4.64. The second-order valence-electron chi connectivity index (χ2n) is 6.61. The molecule has 0 radical (unpaired) electrons. The van der Waals surface area contributed by atoms with Crippen LogP contribution >= 0.6 is 0 Å². The summed E-state index contributed by atoms with van der Waals surface area (Å²) in [7, 11) is 0. The van der Waals surface area contributed by atoms with Crippen molar-refractivity contribution in [1.82, 2.24) is 19.7 Å². The molecule has 0 aliphatic carbocycles. The monoisotopic (exact) mass is 222 g/mol. The van der Waals surface area contributed by atoms with Gasteiger partial charge < -0.3 is 0 Å². The lowest BCUT2D eigenvalue weighted by Crippen LogP contribution is -2.38. The minimum Gasteiger partial charge on any atom is -0.272 e. The summed E-state index contributed by atoms with van der Waals surface area (Å²) < 4.78 is 2.03. The van der Waals surface area contributed by atoms with Crippen LogP contribution in [0.15, 0.2) is 0 Å². The number of hydrogen-bond donors (Lipinski definition) is 0. The van der Waals surface area contributed by atoms with E-state index >= 15 is 0 Å². The molecule has 4 nitrogen and oxygen atoms in total. The van der Waals surface area contributed by atoms with Gasteiger partial charge in [-0.1, -0.05) is 20.8 Å². The first-order valence-corrected chi connectivity index (χ1v) is 5.87. The van der Waals surface area contributed by atoms with Crippen molar-refractivity contribution in [3.63, 3.8) is 0 Å². The molecule has 0 saturated heterocycles. The van der Waals surface area contributed by atoms with Crippen LogP contribution in [0.1, 0.15) is 53.2 Å². The Morgan fingerprint density at radius 1 is 1.06 bits per heavy atom. The fourth-order valence-electron chi connectivity index (χ4n) is 1.75. The highest BCUT2D eigenvalue weighted by atomic mass is 15.5. The van der Waals surface area contributed by atoms with Crippen molar-refractivity contribution in [1.29, 1.82) is 0 Å². The lowest BCUT2D eigenvalue weighted by molar-refractivity contribution is 0.114. The minimum atomic E-state index is 0.0455. The molecular weight excluding hydrogens is 200 g/mol. The lowest BCUT2D eigenvalue weighted by Gasteiger charge is -2.30. The van der Waals surface area contributed by atoms with Crippen LogP contribution in [-0.4, -0.2) is 25.2 Å². The van der Waals surface area contributed by atoms with Crippen molar-refractivity contribution < 1.29 is 0 Å². The zero-order valence-electron chi connectivity index (χ0n) is 11.2. The van der Waals surface area contributed by atoms with E-state index in [9.17, 15) is 0 Å². The van der Waals surface area contributed by atoms with Gasteiger partial charge in [-0.25, -0.2) is 9.67 Å². The normalized spacial score (nSPS) is 17.9. The van der Waals surface area contributed by atoms with Gasteiger partial charge in [-0.15, -0.1) is 0 Å². The first kappa shape index (κ1) is 11.6. The molecule has 0 unspecified atom stereocenters. The van der Waals surface area contributed by atoms with Crippen LogP contribution in [0.3, 0.4) is 0 Å². The van der Waals surface area contributed by atoms with Crippen LogP contribution in [-0.2, 0) is 18.6 Å². The molecule has 1 aromatic rings. The van der Waals surface area contributed by atoms with Gasteiger partial charge in [0.25, 0.3) is 0 Å². The molecule has 2 rings (SSSR count). The Morgan fingerprint density at radius 2 is 1.69 bits per heavy atom. The molecule has 1 aliphatic heterocycles. The van der Waals surface area contributed by atoms with Gasteiger partial charge in [0.1, 0.15) is 5.82 Å². The van der Waals surface area contributed by atoms with E-state index in [1.807, 2.05) is 4.68 Å². The molecule has 0 saturated carbocycles. The Balaban J connectivity index is 2.21. The highest BCUT2D eigenvalue weighted by Gasteiger charge is 2.32. The summed E-state index contributed by atoms with van der Waals surface area (Å²) in [5, 5.41) is 4.59. The topological polar surface area (TPSA) is 34.0 Å². The summed E-state index contributed by atoms with van der Waals surface area (Å²) in [6.07, 6.45) is 0. The molecule has 90 valence electrons. The van der Waals surface area contributed by atoms with Crippen LogP contribution in [0.5, 0.6) is 0 Å². The van der Waals surface area contributed by atoms with E-state index in [1.54, 1.807) is 0 Å². The lowest BCUT2D eigenvalue weighted by atomic mass is 9.96. The first-order valence-electron chi connectivity index (χ1n) is 5.87. The molecule has 0 amide bonds. The Bertz CT molecular complexity index is 369. The van der Waals surface area contributed by atoms with E-state index in [0.29, 0.717) is 0 Å². The molecule has 0 fully saturated rings. The Labute approximate surface area is 97.7 Å². The molecule has 0 aromatic carbocycles. The number of aromatic nitrogens is 3. The largest absolute Gasteiger partial charge is 0.272 e. The average molecular weight is 222 g/mol. The summed E-state index contributed by atoms with van der Waals surface area (Å²) in [5.74, 6) is 2.05. The summed E-state index contributed by atoms with van der Waals surface area (Å²) in [6.45, 7) is 14.9. The third kappa shape index (κ3) is 1.98. The SMILES string of the molecule is CC(C)(C)c1nc2n(n1)CN(C(C)(C)C)C2. The van der Waals surface area contributed by atoms with Crippen LogP contribution in [0.4, 0.5) is 0 Å². The maximum Gasteiger partial charge on any atom is 0.156 e. The summed E-state index contributed by atoms with van der Waals surface area (Å²) in [5.41, 5.74) is 0.230. The molecule has 0 atom stereocenters. The van der Waals surface area contributed by atoms with Crippen LogP contribution < -0.4 is 0 Å². The van der Waals surface area contributed by atoms with Crippen LogP contribution in [0, 0.1) is 0 Å². The third-order valence-corrected chi connectivity index (χ3v) is 3.00. The van der Waals surface area contributed by atoms with Crippen molar-refractivity contribution >= 4 is 0 Å². The molecule has 2 heterocycles. The highest BCUT2D eigenvalue weighted by molar-refractivity contribution is 5.06. The second kappa shape index (κ2) is 3.29. The predicted octanol–water partition coefficient (Wildman–Crippen LogP) is 2.15. The van der Waals surface area contributed by atoms with E-state index in [1.165, 1.54) is 0 Å². The second-order valence-corrected chi connectivity index (χ2v) is 6.61. The van der Waals surface area contributed by atoms with Crippen molar-refractivity contribution in [2.45, 2.75) is 65.7 Å². The molecule has 0 bridgehead atoms. The molecule has 0 N–H and O–H groups in total. The number of fused-ring (bicyclic) bond motifs is 1. The molecule has 1 aliphatic rings. The number of hydrogen-bond acceptors (Lipinski definition) is 3. The fraction of sp³-hybridized carbons (Fsp3) is 0.833. The quantitative estimate of drug-likeness (QED) is 0.674. The Kier molecular flexibility index (Phi) is 2.38. The minimum absolute atomic E-state index is 0.0455. The third-order valence-electron chi connectivity index (χ3n) is 3.00. The molecule has 1 aromatic heterocycles. The number of nitrogens with zero attached hydrogens (tertiary/aromatic N) is 4. The summed E-state index contributed by atoms with van der Waals surface area (Å²) in [4.78, 5) is 7.02. The van der Waals surface area contributed by atoms with Crippen molar-refractivity contribution in [3.05, 3.63) is 11.6 Å². The summed E-state index contributed by atoms with van der Waals surface area (Å²) >= 11 is 0. The standard InChI is InChI=1S/C12H22N4/c1-11(2,3)10-13-9-7-15(12(4,5)6)8-16(9)14-10/h7-8H2,1-6H3. The van der Waals surface area contributed by atoms with E-state index in [0.717, 1.165) is 24.9 Å². The van der Waals surface area contributed by atoms with E-state index in [2.05, 4.69) is 56.5 Å². The van der Waals surface area contributed by atoms with Gasteiger partial charge >= 0.3 is 0 Å². The maximum atomic E-state index is 4.64. The average Bonchev–Trinajstić information content (AvgIpc) is 2.53. The first-order chi connectivity index (χ1) is 7.18. The van der Waals surface area contributed by atoms with Crippen molar-refractivity contribution in [2.24, 2.45) is 0 Å². The van der Waals surface area contributed by atoms with E-state index in [-0.39, 0.29) is 11.0 Å². The van der Waals surface area contributed by atoms with Gasteiger partial charge in [0.2, 0.25) is 0 Å². The number of rotatable bonds is 0. The zero-order valence-corrected chi connectivity index (χ0v) is 11.2. The van der Waals surface area contributed by atoms with Crippen LogP contribution in [0.2, 0.25) is 0 Å². The fourth-order valence-corrected chi connectivity index (χ4v) is 1.75. The summed E-state index contributed by atoms with van der Waals surface area (Å²) in [6, 6.07) is 0. The van der Waals surface area contributed by atoms with Gasteiger partial charge in [0.15, 0.2) is 5.82 Å². The Hall–Kier alpha value is -0.900. The van der Waals surface area contributed by atoms with Crippen LogP contribution in [0.25, 0.3) is 0 Å². The van der Waals surface area contributed by atoms with Gasteiger partial charge in [-0.3, -0.25) is 4.90 Å².